The van der Waals surface area contributed by atoms with Gasteiger partial charge in [0, 0.05) is 0 Å². The molecule has 1 aliphatic heterocycles. The van der Waals surface area contributed by atoms with Gasteiger partial charge in [-0.25, -0.2) is 9.59 Å². The van der Waals surface area contributed by atoms with Crippen LogP contribution >= 0.6 is 0 Å². The van der Waals surface area contributed by atoms with Crippen LogP contribution in [-0.4, -0.2) is 142 Å². The van der Waals surface area contributed by atoms with Crippen LogP contribution in [0.5, 0.6) is 0 Å². The zero-order valence-electron chi connectivity index (χ0n) is 20.2. The molecule has 1 heterocycles. The molecular formula is C21H39NO13. The molecule has 0 unspecified atom stereocenters. The van der Waals surface area contributed by atoms with Crippen LogP contribution in [-0.2, 0) is 47.4 Å². The summed E-state index contributed by atoms with van der Waals surface area (Å²) >= 11 is 0. The van der Waals surface area contributed by atoms with Crippen LogP contribution in [0, 0.1) is 0 Å². The predicted molar refractivity (Wildman–Crippen MR) is 118 cm³/mol. The maximum atomic E-state index is 11.4. The van der Waals surface area contributed by atoms with Gasteiger partial charge in [0.05, 0.1) is 106 Å². The van der Waals surface area contributed by atoms with Gasteiger partial charge in [-0.2, -0.15) is 0 Å². The number of carbonyl (C=O) groups is 2. The highest BCUT2D eigenvalue weighted by Crippen LogP contribution is 2.01. The van der Waals surface area contributed by atoms with E-state index in [-0.39, 0.29) is 26.4 Å². The van der Waals surface area contributed by atoms with Crippen molar-refractivity contribution in [2.45, 2.75) is 6.10 Å². The van der Waals surface area contributed by atoms with Crippen LogP contribution < -0.4 is 5.32 Å². The van der Waals surface area contributed by atoms with Gasteiger partial charge in [-0.1, -0.05) is 0 Å². The van der Waals surface area contributed by atoms with E-state index >= 15 is 0 Å². The maximum Gasteiger partial charge on any atom is 0.508 e. The van der Waals surface area contributed by atoms with Crippen LogP contribution in [0.25, 0.3) is 0 Å². The molecular weight excluding hydrogens is 474 g/mol. The molecule has 0 radical (unpaired) electrons. The molecule has 0 aromatic heterocycles. The Bertz CT molecular complexity index is 512. The Kier molecular flexibility index (Phi) is 21.4. The monoisotopic (exact) mass is 513 g/mol. The third-order valence-corrected chi connectivity index (χ3v) is 4.05. The van der Waals surface area contributed by atoms with Gasteiger partial charge < -0.3 is 57.8 Å². The minimum absolute atomic E-state index is 0.0150. The standard InChI is InChI=1S/C21H39NO13/c23-1-2-26-3-4-27-5-6-28-7-8-29-9-10-30-11-12-31-13-14-32-15-16-33-21(25)34-18-19-17-22-20(24)35-19/h19,23H,1-18H2,(H,22,24)/t19-/m0/s1. The van der Waals surface area contributed by atoms with Crippen LogP contribution in [0.2, 0.25) is 0 Å². The lowest BCUT2D eigenvalue weighted by atomic mass is 10.4. The number of hydrogen-bond donors (Lipinski definition) is 2. The molecule has 0 spiro atoms. The maximum absolute atomic E-state index is 11.4. The van der Waals surface area contributed by atoms with Gasteiger partial charge >= 0.3 is 12.2 Å². The molecule has 14 heteroatoms. The van der Waals surface area contributed by atoms with Gasteiger partial charge in [0.2, 0.25) is 0 Å². The Morgan fingerprint density at radius 2 is 1.09 bits per heavy atom. The Hall–Kier alpha value is -1.78. The van der Waals surface area contributed by atoms with Gasteiger partial charge in [0.1, 0.15) is 13.2 Å². The molecule has 14 nitrogen and oxygen atoms in total. The van der Waals surface area contributed by atoms with E-state index in [1.165, 1.54) is 0 Å². The highest BCUT2D eigenvalue weighted by molar-refractivity contribution is 5.69. The summed E-state index contributed by atoms with van der Waals surface area (Å²) in [6.07, 6.45) is -1.87. The quantitative estimate of drug-likeness (QED) is 0.117. The van der Waals surface area contributed by atoms with E-state index in [0.717, 1.165) is 0 Å². The number of rotatable bonds is 25. The first-order chi connectivity index (χ1) is 17.2. The average molecular weight is 514 g/mol. The molecule has 0 bridgehead atoms. The fourth-order valence-corrected chi connectivity index (χ4v) is 2.40. The number of hydrogen-bond acceptors (Lipinski definition) is 13. The minimum Gasteiger partial charge on any atom is -0.441 e. The van der Waals surface area contributed by atoms with Crippen molar-refractivity contribution in [3.63, 3.8) is 0 Å². The molecule has 1 amide bonds. The first kappa shape index (κ1) is 31.3. The summed E-state index contributed by atoms with van der Waals surface area (Å²) in [5.74, 6) is 0. The predicted octanol–water partition coefficient (Wildman–Crippen LogP) is -0.643. The second-order valence-electron chi connectivity index (χ2n) is 6.83. The molecule has 1 saturated heterocycles. The lowest BCUT2D eigenvalue weighted by Gasteiger charge is -2.10. The Labute approximate surface area is 205 Å². The van der Waals surface area contributed by atoms with Crippen molar-refractivity contribution in [1.29, 1.82) is 0 Å². The van der Waals surface area contributed by atoms with E-state index in [2.05, 4.69) is 5.32 Å². The fraction of sp³-hybridized carbons (Fsp3) is 0.905. The van der Waals surface area contributed by atoms with E-state index < -0.39 is 18.4 Å². The number of aliphatic hydroxyl groups is 1. The molecule has 0 aliphatic carbocycles. The molecule has 0 aromatic carbocycles. The molecule has 0 saturated carbocycles. The second-order valence-corrected chi connectivity index (χ2v) is 6.83. The van der Waals surface area contributed by atoms with E-state index in [1.807, 2.05) is 0 Å². The number of carbonyl (C=O) groups excluding carboxylic acids is 2. The third kappa shape index (κ3) is 21.2. The Morgan fingerprint density at radius 1 is 0.686 bits per heavy atom. The Morgan fingerprint density at radius 3 is 1.46 bits per heavy atom. The summed E-state index contributed by atoms with van der Waals surface area (Å²) in [4.78, 5) is 22.2. The molecule has 1 fully saturated rings. The second kappa shape index (κ2) is 23.9. The van der Waals surface area contributed by atoms with Crippen LogP contribution in [0.4, 0.5) is 9.59 Å². The number of alkyl carbamates (subject to hydrolysis) is 1. The fourth-order valence-electron chi connectivity index (χ4n) is 2.40. The third-order valence-electron chi connectivity index (χ3n) is 4.05. The molecule has 0 aromatic rings. The number of ether oxygens (including phenoxy) is 10. The van der Waals surface area contributed by atoms with Gasteiger partial charge in [-0.15, -0.1) is 0 Å². The smallest absolute Gasteiger partial charge is 0.441 e. The van der Waals surface area contributed by atoms with Crippen molar-refractivity contribution >= 4 is 12.2 Å². The molecule has 206 valence electrons. The number of cyclic esters (lactones) is 1. The molecule has 2 N–H and O–H groups in total. The summed E-state index contributed by atoms with van der Waals surface area (Å²) in [5.41, 5.74) is 0. The average Bonchev–Trinajstić information content (AvgIpc) is 3.28. The van der Waals surface area contributed by atoms with E-state index in [1.54, 1.807) is 0 Å². The van der Waals surface area contributed by atoms with E-state index in [4.69, 9.17) is 52.5 Å². The Balaban J connectivity index is 1.67. The number of amides is 1. The summed E-state index contributed by atoms with van der Waals surface area (Å²) in [5, 5.41) is 11.0. The summed E-state index contributed by atoms with van der Waals surface area (Å²) in [6.45, 7) is 6.25. The zero-order valence-corrected chi connectivity index (χ0v) is 20.2. The minimum atomic E-state index is -0.843. The van der Waals surface area contributed by atoms with Gasteiger partial charge in [0.25, 0.3) is 0 Å². The summed E-state index contributed by atoms with van der Waals surface area (Å²) in [7, 11) is 0. The molecule has 1 rings (SSSR count). The summed E-state index contributed by atoms with van der Waals surface area (Å²) in [6, 6.07) is 0. The summed E-state index contributed by atoms with van der Waals surface area (Å²) < 4.78 is 51.6. The SMILES string of the molecule is O=C1NC[C@@H](COC(=O)OCCOCCOCCOCCOCCOCCOCCOCCO)O1. The van der Waals surface area contributed by atoms with Crippen LogP contribution in [0.15, 0.2) is 0 Å². The normalized spacial score (nSPS) is 15.1. The first-order valence-corrected chi connectivity index (χ1v) is 11.6. The van der Waals surface area contributed by atoms with Crippen molar-refractivity contribution in [1.82, 2.24) is 5.32 Å². The number of aliphatic hydroxyl groups excluding tert-OH is 1. The largest absolute Gasteiger partial charge is 0.508 e. The van der Waals surface area contributed by atoms with Crippen LogP contribution in [0.3, 0.4) is 0 Å². The zero-order chi connectivity index (χ0) is 25.2. The molecule has 35 heavy (non-hydrogen) atoms. The van der Waals surface area contributed by atoms with Crippen molar-refractivity contribution < 1.29 is 62.1 Å². The number of nitrogens with one attached hydrogen (secondary N) is 1. The topological polar surface area (TPSA) is 159 Å². The lowest BCUT2D eigenvalue weighted by Crippen LogP contribution is -2.23. The first-order valence-electron chi connectivity index (χ1n) is 11.6. The lowest BCUT2D eigenvalue weighted by molar-refractivity contribution is -0.0244. The highest BCUT2D eigenvalue weighted by Gasteiger charge is 2.24. The van der Waals surface area contributed by atoms with Gasteiger partial charge in [0.15, 0.2) is 6.10 Å². The molecule has 1 atom stereocenters. The van der Waals surface area contributed by atoms with Crippen LogP contribution in [0.1, 0.15) is 0 Å². The van der Waals surface area contributed by atoms with E-state index in [0.29, 0.717) is 92.4 Å². The van der Waals surface area contributed by atoms with E-state index in [9.17, 15) is 9.59 Å². The van der Waals surface area contributed by atoms with Gasteiger partial charge in [-0.3, -0.25) is 0 Å². The van der Waals surface area contributed by atoms with Crippen molar-refractivity contribution in [3.05, 3.63) is 0 Å². The van der Waals surface area contributed by atoms with Crippen molar-refractivity contribution in [3.8, 4) is 0 Å². The van der Waals surface area contributed by atoms with Crippen molar-refractivity contribution in [2.24, 2.45) is 0 Å². The van der Waals surface area contributed by atoms with Crippen molar-refractivity contribution in [2.75, 3.05) is 119 Å². The highest BCUT2D eigenvalue weighted by atomic mass is 16.7. The van der Waals surface area contributed by atoms with Gasteiger partial charge in [-0.05, 0) is 0 Å². The molecule has 1 aliphatic rings.